The fraction of sp³-hybridized carbons (Fsp3) is 0.105. The number of amides is 1. The van der Waals surface area contributed by atoms with Crippen molar-refractivity contribution in [3.8, 4) is 0 Å². The number of hydrogen-bond acceptors (Lipinski definition) is 3. The Kier molecular flexibility index (Phi) is 4.24. The molecule has 3 aromatic rings. The maximum Gasteiger partial charge on any atom is 0.227 e. The Morgan fingerprint density at radius 2 is 1.75 bits per heavy atom. The lowest BCUT2D eigenvalue weighted by atomic mass is 10.2. The van der Waals surface area contributed by atoms with Gasteiger partial charge in [0.15, 0.2) is 0 Å². The fourth-order valence-electron chi connectivity index (χ4n) is 2.55. The van der Waals surface area contributed by atoms with Gasteiger partial charge in [-0.15, -0.1) is 0 Å². The van der Waals surface area contributed by atoms with E-state index in [4.69, 9.17) is 0 Å². The Labute approximate surface area is 139 Å². The van der Waals surface area contributed by atoms with Crippen LogP contribution in [-0.4, -0.2) is 22.6 Å². The smallest absolute Gasteiger partial charge is 0.227 e. The summed E-state index contributed by atoms with van der Waals surface area (Å²) in [5, 5.41) is 3.69. The second kappa shape index (κ2) is 6.50. The van der Waals surface area contributed by atoms with E-state index in [2.05, 4.69) is 10.3 Å². The van der Waals surface area contributed by atoms with E-state index in [1.54, 1.807) is 29.1 Å². The molecule has 24 heavy (non-hydrogen) atoms. The van der Waals surface area contributed by atoms with Crippen molar-refractivity contribution in [1.29, 1.82) is 0 Å². The molecule has 1 amide bonds. The molecule has 0 aliphatic heterocycles. The Balaban J connectivity index is 1.90. The molecule has 0 aliphatic carbocycles. The van der Waals surface area contributed by atoms with Crippen LogP contribution in [0.25, 0.3) is 10.9 Å². The number of para-hydroxylation sites is 1. The van der Waals surface area contributed by atoms with Gasteiger partial charge >= 0.3 is 0 Å². The van der Waals surface area contributed by atoms with Crippen molar-refractivity contribution in [2.24, 2.45) is 4.99 Å². The van der Waals surface area contributed by atoms with Gasteiger partial charge in [0.1, 0.15) is 0 Å². The zero-order chi connectivity index (χ0) is 17.1. The standard InChI is InChI=1S/C19H17N3O2/c1-13(23)21-17-9-7-16(8-10-17)20-11-15-12-22(14(2)24)19-6-4-3-5-18(15)19/h3-12H,1-2H3,(H,21,23). The Bertz CT molecular complexity index is 937. The zero-order valence-electron chi connectivity index (χ0n) is 13.5. The Morgan fingerprint density at radius 1 is 1.04 bits per heavy atom. The van der Waals surface area contributed by atoms with E-state index in [9.17, 15) is 9.59 Å². The van der Waals surface area contributed by atoms with Crippen molar-refractivity contribution in [1.82, 2.24) is 4.57 Å². The van der Waals surface area contributed by atoms with Gasteiger partial charge in [-0.3, -0.25) is 19.1 Å². The minimum atomic E-state index is -0.108. The molecule has 0 bridgehead atoms. The fourth-order valence-corrected chi connectivity index (χ4v) is 2.55. The molecule has 0 radical (unpaired) electrons. The van der Waals surface area contributed by atoms with Crippen LogP contribution in [-0.2, 0) is 4.79 Å². The van der Waals surface area contributed by atoms with Crippen LogP contribution in [0.4, 0.5) is 11.4 Å². The molecule has 2 aromatic carbocycles. The molecule has 0 saturated carbocycles. The summed E-state index contributed by atoms with van der Waals surface area (Å²) in [5.74, 6) is -0.145. The largest absolute Gasteiger partial charge is 0.326 e. The third-order valence-corrected chi connectivity index (χ3v) is 3.62. The molecular weight excluding hydrogens is 302 g/mol. The van der Waals surface area contributed by atoms with Gasteiger partial charge in [0, 0.05) is 42.9 Å². The monoisotopic (exact) mass is 319 g/mol. The van der Waals surface area contributed by atoms with Crippen molar-refractivity contribution in [3.05, 3.63) is 60.3 Å². The second-order valence-corrected chi connectivity index (χ2v) is 5.48. The quantitative estimate of drug-likeness (QED) is 0.741. The first-order valence-corrected chi connectivity index (χ1v) is 7.57. The number of hydrogen-bond donors (Lipinski definition) is 1. The molecule has 0 saturated heterocycles. The first kappa shape index (κ1) is 15.7. The molecule has 1 N–H and O–H groups in total. The lowest BCUT2D eigenvalue weighted by molar-refractivity contribution is -0.114. The summed E-state index contributed by atoms with van der Waals surface area (Å²) in [6.45, 7) is 3.00. The molecule has 0 unspecified atom stereocenters. The molecule has 5 nitrogen and oxygen atoms in total. The summed E-state index contributed by atoms with van der Waals surface area (Å²) in [6, 6.07) is 15.0. The van der Waals surface area contributed by atoms with Gasteiger partial charge in [-0.25, -0.2) is 0 Å². The molecule has 0 aliphatic rings. The first-order chi connectivity index (χ1) is 11.5. The third kappa shape index (κ3) is 3.25. The first-order valence-electron chi connectivity index (χ1n) is 7.57. The normalized spacial score (nSPS) is 11.1. The van der Waals surface area contributed by atoms with E-state index in [0.717, 1.165) is 27.8 Å². The van der Waals surface area contributed by atoms with Gasteiger partial charge in [-0.1, -0.05) is 18.2 Å². The van der Waals surface area contributed by atoms with Crippen molar-refractivity contribution in [2.75, 3.05) is 5.32 Å². The molecule has 0 spiro atoms. The number of nitrogens with zero attached hydrogens (tertiary/aromatic N) is 2. The number of carbonyl (C=O) groups is 2. The van der Waals surface area contributed by atoms with Crippen LogP contribution in [0.1, 0.15) is 24.2 Å². The van der Waals surface area contributed by atoms with Crippen LogP contribution in [0.2, 0.25) is 0 Å². The molecule has 120 valence electrons. The SMILES string of the molecule is CC(=O)Nc1ccc(N=Cc2cn(C(C)=O)c3ccccc23)cc1. The average Bonchev–Trinajstić information content (AvgIpc) is 2.93. The van der Waals surface area contributed by atoms with Crippen LogP contribution < -0.4 is 5.32 Å². The highest BCUT2D eigenvalue weighted by Gasteiger charge is 2.08. The van der Waals surface area contributed by atoms with Gasteiger partial charge in [0.2, 0.25) is 11.8 Å². The molecule has 1 aromatic heterocycles. The predicted molar refractivity (Wildman–Crippen MR) is 96.2 cm³/mol. The highest BCUT2D eigenvalue weighted by Crippen LogP contribution is 2.21. The molecule has 5 heteroatoms. The van der Waals surface area contributed by atoms with E-state index in [1.807, 2.05) is 36.4 Å². The van der Waals surface area contributed by atoms with Crippen LogP contribution in [0, 0.1) is 0 Å². The third-order valence-electron chi connectivity index (χ3n) is 3.62. The maximum atomic E-state index is 11.8. The summed E-state index contributed by atoms with van der Waals surface area (Å²) in [7, 11) is 0. The number of anilines is 1. The van der Waals surface area contributed by atoms with Crippen LogP contribution in [0.15, 0.2) is 59.7 Å². The van der Waals surface area contributed by atoms with Crippen molar-refractivity contribution < 1.29 is 9.59 Å². The number of carbonyl (C=O) groups excluding carboxylic acids is 2. The number of fused-ring (bicyclic) bond motifs is 1. The molecule has 3 rings (SSSR count). The lowest BCUT2D eigenvalue weighted by Gasteiger charge is -2.01. The highest BCUT2D eigenvalue weighted by atomic mass is 16.2. The van der Waals surface area contributed by atoms with Gasteiger partial charge in [-0.05, 0) is 30.3 Å². The number of aromatic nitrogens is 1. The van der Waals surface area contributed by atoms with Gasteiger partial charge in [-0.2, -0.15) is 0 Å². The van der Waals surface area contributed by atoms with E-state index in [1.165, 1.54) is 13.8 Å². The Hall–Kier alpha value is -3.21. The van der Waals surface area contributed by atoms with Gasteiger partial charge in [0.05, 0.1) is 11.2 Å². The number of benzene rings is 2. The maximum absolute atomic E-state index is 11.8. The average molecular weight is 319 g/mol. The topological polar surface area (TPSA) is 63.5 Å². The number of aliphatic imine (C=N–C) groups is 1. The lowest BCUT2D eigenvalue weighted by Crippen LogP contribution is -2.04. The van der Waals surface area contributed by atoms with Gasteiger partial charge in [0.25, 0.3) is 0 Å². The van der Waals surface area contributed by atoms with E-state index >= 15 is 0 Å². The molecular formula is C19H17N3O2. The summed E-state index contributed by atoms with van der Waals surface area (Å²) < 4.78 is 1.62. The van der Waals surface area contributed by atoms with Crippen molar-refractivity contribution in [3.63, 3.8) is 0 Å². The summed E-state index contributed by atoms with van der Waals surface area (Å²) in [5.41, 5.74) is 3.25. The summed E-state index contributed by atoms with van der Waals surface area (Å²) in [6.07, 6.45) is 3.54. The van der Waals surface area contributed by atoms with Crippen molar-refractivity contribution in [2.45, 2.75) is 13.8 Å². The number of rotatable bonds is 3. The van der Waals surface area contributed by atoms with Gasteiger partial charge < -0.3 is 5.32 Å². The minimum absolute atomic E-state index is 0.0366. The minimum Gasteiger partial charge on any atom is -0.326 e. The number of nitrogens with one attached hydrogen (secondary N) is 1. The summed E-state index contributed by atoms with van der Waals surface area (Å²) >= 11 is 0. The van der Waals surface area contributed by atoms with E-state index < -0.39 is 0 Å². The zero-order valence-corrected chi connectivity index (χ0v) is 13.5. The second-order valence-electron chi connectivity index (χ2n) is 5.48. The Morgan fingerprint density at radius 3 is 2.42 bits per heavy atom. The van der Waals surface area contributed by atoms with E-state index in [-0.39, 0.29) is 11.8 Å². The summed E-state index contributed by atoms with van der Waals surface area (Å²) in [4.78, 5) is 27.2. The van der Waals surface area contributed by atoms with Crippen LogP contribution >= 0.6 is 0 Å². The van der Waals surface area contributed by atoms with Crippen molar-refractivity contribution >= 4 is 40.3 Å². The van der Waals surface area contributed by atoms with E-state index in [0.29, 0.717) is 0 Å². The molecule has 0 atom stereocenters. The van der Waals surface area contributed by atoms with Crippen LogP contribution in [0.3, 0.4) is 0 Å². The van der Waals surface area contributed by atoms with Crippen LogP contribution in [0.5, 0.6) is 0 Å². The predicted octanol–water partition coefficient (Wildman–Crippen LogP) is 4.01. The highest BCUT2D eigenvalue weighted by molar-refractivity contribution is 6.03. The molecule has 1 heterocycles. The molecule has 0 fully saturated rings.